The molecule has 0 saturated heterocycles. The van der Waals surface area contributed by atoms with Crippen molar-refractivity contribution in [2.75, 3.05) is 5.32 Å². The van der Waals surface area contributed by atoms with Crippen molar-refractivity contribution in [3.05, 3.63) is 66.4 Å². The molecule has 0 fully saturated rings. The number of carbonyl (C=O) groups excluding carboxylic acids is 1. The number of aromatic nitrogens is 2. The molecule has 0 unspecified atom stereocenters. The Labute approximate surface area is 138 Å². The molecule has 3 aromatic rings. The molecule has 6 nitrogen and oxygen atoms in total. The van der Waals surface area contributed by atoms with Crippen LogP contribution in [0.3, 0.4) is 0 Å². The van der Waals surface area contributed by atoms with Crippen LogP contribution in [0.2, 0.25) is 0 Å². The molecule has 0 radical (unpaired) electrons. The Morgan fingerprint density at radius 2 is 1.67 bits per heavy atom. The highest BCUT2D eigenvalue weighted by molar-refractivity contribution is 5.92. The highest BCUT2D eigenvalue weighted by Crippen LogP contribution is 2.35. The molecular weight excluding hydrogens is 302 g/mol. The summed E-state index contributed by atoms with van der Waals surface area (Å²) in [5.41, 5.74) is 3.37. The highest BCUT2D eigenvalue weighted by atomic mass is 16.2. The van der Waals surface area contributed by atoms with Gasteiger partial charge in [-0.25, -0.2) is 0 Å². The van der Waals surface area contributed by atoms with Gasteiger partial charge in [0.2, 0.25) is 6.17 Å². The fourth-order valence-corrected chi connectivity index (χ4v) is 2.76. The largest absolute Gasteiger partial charge is 0.354 e. The van der Waals surface area contributed by atoms with E-state index in [1.54, 1.807) is 0 Å². The van der Waals surface area contributed by atoms with E-state index >= 15 is 0 Å². The number of azo groups is 1. The number of rotatable bonds is 3. The van der Waals surface area contributed by atoms with Crippen molar-refractivity contribution in [3.8, 4) is 11.1 Å². The molecule has 2 heterocycles. The van der Waals surface area contributed by atoms with Gasteiger partial charge in [0.05, 0.1) is 11.3 Å². The maximum atomic E-state index is 12.7. The smallest absolute Gasteiger partial charge is 0.296 e. The number of anilines is 1. The first-order chi connectivity index (χ1) is 11.7. The first kappa shape index (κ1) is 14.3. The van der Waals surface area contributed by atoms with E-state index < -0.39 is 6.17 Å². The second-order valence-electron chi connectivity index (χ2n) is 5.53. The van der Waals surface area contributed by atoms with Gasteiger partial charge in [0.1, 0.15) is 0 Å². The molecule has 1 aliphatic heterocycles. The van der Waals surface area contributed by atoms with Crippen molar-refractivity contribution in [2.45, 2.75) is 13.1 Å². The lowest BCUT2D eigenvalue weighted by Gasteiger charge is -2.17. The number of para-hydroxylation sites is 1. The van der Waals surface area contributed by atoms with E-state index in [0.717, 1.165) is 22.5 Å². The van der Waals surface area contributed by atoms with Gasteiger partial charge in [0.25, 0.3) is 5.91 Å². The Bertz CT molecular complexity index is 915. The molecule has 0 spiro atoms. The normalized spacial score (nSPS) is 16.0. The Hall–Kier alpha value is -3.28. The summed E-state index contributed by atoms with van der Waals surface area (Å²) in [6, 6.07) is 19.2. The van der Waals surface area contributed by atoms with Crippen molar-refractivity contribution in [3.63, 3.8) is 0 Å². The van der Waals surface area contributed by atoms with Gasteiger partial charge < -0.3 is 5.32 Å². The molecule has 0 saturated carbocycles. The number of carbonyl (C=O) groups is 1. The number of fused-ring (bicyclic) bond motifs is 1. The zero-order valence-corrected chi connectivity index (χ0v) is 13.0. The van der Waals surface area contributed by atoms with E-state index in [0.29, 0.717) is 5.82 Å². The van der Waals surface area contributed by atoms with Crippen LogP contribution >= 0.6 is 0 Å². The maximum absolute atomic E-state index is 12.7. The molecule has 1 atom stereocenters. The molecule has 0 aliphatic carbocycles. The molecular formula is C18H15N5O. The summed E-state index contributed by atoms with van der Waals surface area (Å²) in [5, 5.41) is 15.9. The van der Waals surface area contributed by atoms with Crippen LogP contribution in [0.5, 0.6) is 0 Å². The molecule has 1 N–H and O–H groups in total. The van der Waals surface area contributed by atoms with Crippen molar-refractivity contribution in [1.82, 2.24) is 9.78 Å². The minimum atomic E-state index is -0.775. The summed E-state index contributed by atoms with van der Waals surface area (Å²) in [4.78, 5) is 12.7. The summed E-state index contributed by atoms with van der Waals surface area (Å²) in [6.07, 6.45) is -0.775. The monoisotopic (exact) mass is 317 g/mol. The first-order valence-corrected chi connectivity index (χ1v) is 7.66. The lowest BCUT2D eigenvalue weighted by atomic mass is 10.1. The van der Waals surface area contributed by atoms with E-state index in [-0.39, 0.29) is 5.91 Å². The Balaban J connectivity index is 1.71. The number of hydrogen-bond donors (Lipinski definition) is 1. The van der Waals surface area contributed by atoms with Crippen molar-refractivity contribution >= 4 is 17.4 Å². The number of hydrogen-bond acceptors (Lipinski definition) is 5. The van der Waals surface area contributed by atoms with Gasteiger partial charge in [-0.15, -0.1) is 5.11 Å². The summed E-state index contributed by atoms with van der Waals surface area (Å²) in [7, 11) is 0. The number of nitrogens with one attached hydrogen (secondary N) is 1. The number of benzene rings is 2. The molecule has 4 rings (SSSR count). The summed E-state index contributed by atoms with van der Waals surface area (Å²) >= 11 is 0. The fourth-order valence-electron chi connectivity index (χ4n) is 2.76. The van der Waals surface area contributed by atoms with Gasteiger partial charge >= 0.3 is 0 Å². The summed E-state index contributed by atoms with van der Waals surface area (Å²) < 4.78 is 1.34. The van der Waals surface area contributed by atoms with E-state index in [1.807, 2.05) is 67.6 Å². The molecule has 1 aliphatic rings. The molecule has 2 aromatic carbocycles. The van der Waals surface area contributed by atoms with Crippen LogP contribution in [0.1, 0.15) is 10.5 Å². The predicted molar refractivity (Wildman–Crippen MR) is 91.4 cm³/mol. The molecule has 24 heavy (non-hydrogen) atoms. The zero-order valence-electron chi connectivity index (χ0n) is 13.0. The van der Waals surface area contributed by atoms with Gasteiger partial charge in [0.15, 0.2) is 5.82 Å². The lowest BCUT2D eigenvalue weighted by molar-refractivity contribution is 0.0866. The average molecular weight is 317 g/mol. The second kappa shape index (κ2) is 5.73. The van der Waals surface area contributed by atoms with Gasteiger partial charge in [-0.1, -0.05) is 48.5 Å². The standard InChI is InChI=1S/C18H15N5O/c1-12-15(13-8-4-2-5-9-13)17-21-20-16(18(24)23(17)22-12)19-14-10-6-3-7-11-14/h2-11,16,19H,1H3/t16-/m0/s1. The van der Waals surface area contributed by atoms with Crippen LogP contribution in [-0.2, 0) is 0 Å². The Kier molecular flexibility index (Phi) is 3.42. The zero-order chi connectivity index (χ0) is 16.5. The molecule has 0 bridgehead atoms. The van der Waals surface area contributed by atoms with Gasteiger partial charge in [-0.05, 0) is 24.6 Å². The molecule has 118 valence electrons. The van der Waals surface area contributed by atoms with Crippen molar-refractivity contribution in [1.29, 1.82) is 0 Å². The average Bonchev–Trinajstić information content (AvgIpc) is 2.96. The first-order valence-electron chi connectivity index (χ1n) is 7.66. The van der Waals surface area contributed by atoms with E-state index in [1.165, 1.54) is 4.68 Å². The van der Waals surface area contributed by atoms with Crippen LogP contribution in [0.4, 0.5) is 11.5 Å². The third kappa shape index (κ3) is 2.38. The maximum Gasteiger partial charge on any atom is 0.296 e. The van der Waals surface area contributed by atoms with Crippen LogP contribution in [0.15, 0.2) is 70.9 Å². The van der Waals surface area contributed by atoms with E-state index in [4.69, 9.17) is 0 Å². The number of nitrogens with zero attached hydrogens (tertiary/aromatic N) is 4. The Morgan fingerprint density at radius 3 is 2.38 bits per heavy atom. The van der Waals surface area contributed by atoms with Crippen LogP contribution in [0.25, 0.3) is 11.1 Å². The SMILES string of the molecule is Cc1nn2c(c1-c1ccccc1)N=N[C@H](Nc1ccccc1)C2=O. The fraction of sp³-hybridized carbons (Fsp3) is 0.111. The van der Waals surface area contributed by atoms with Crippen LogP contribution in [-0.4, -0.2) is 21.9 Å². The molecule has 1 aromatic heterocycles. The quantitative estimate of drug-likeness (QED) is 0.792. The molecule has 0 amide bonds. The predicted octanol–water partition coefficient (Wildman–Crippen LogP) is 4.03. The van der Waals surface area contributed by atoms with Gasteiger partial charge in [-0.3, -0.25) is 4.79 Å². The summed E-state index contributed by atoms with van der Waals surface area (Å²) in [6.45, 7) is 1.87. The van der Waals surface area contributed by atoms with Gasteiger partial charge in [0, 0.05) is 5.69 Å². The highest BCUT2D eigenvalue weighted by Gasteiger charge is 2.30. The van der Waals surface area contributed by atoms with Crippen LogP contribution in [0, 0.1) is 6.92 Å². The van der Waals surface area contributed by atoms with E-state index in [9.17, 15) is 4.79 Å². The Morgan fingerprint density at radius 1 is 1.00 bits per heavy atom. The minimum Gasteiger partial charge on any atom is -0.354 e. The minimum absolute atomic E-state index is 0.242. The lowest BCUT2D eigenvalue weighted by Crippen LogP contribution is -2.34. The van der Waals surface area contributed by atoms with E-state index in [2.05, 4.69) is 20.6 Å². The van der Waals surface area contributed by atoms with Crippen molar-refractivity contribution in [2.24, 2.45) is 10.2 Å². The second-order valence-corrected chi connectivity index (χ2v) is 5.53. The third-order valence-corrected chi connectivity index (χ3v) is 3.89. The number of aryl methyl sites for hydroxylation is 1. The van der Waals surface area contributed by atoms with Crippen molar-refractivity contribution < 1.29 is 4.79 Å². The van der Waals surface area contributed by atoms with Crippen LogP contribution < -0.4 is 5.32 Å². The topological polar surface area (TPSA) is 71.6 Å². The molecule has 6 heteroatoms. The summed E-state index contributed by atoms with van der Waals surface area (Å²) in [5.74, 6) is 0.240. The van der Waals surface area contributed by atoms with Gasteiger partial charge in [-0.2, -0.15) is 14.9 Å². The third-order valence-electron chi connectivity index (χ3n) is 3.89.